The Morgan fingerprint density at radius 2 is 2.12 bits per heavy atom. The Kier molecular flexibility index (Phi) is 5.86. The third-order valence-electron chi connectivity index (χ3n) is 3.76. The zero-order valence-electron chi connectivity index (χ0n) is 14.2. The SMILES string of the molecule is COc1cc(CNC(=O)CCc2ncc(-c3ccccc3Cl)o2)ccn1. The second-order valence-corrected chi connectivity index (χ2v) is 5.99. The molecule has 0 atom stereocenters. The second kappa shape index (κ2) is 8.49. The van der Waals surface area contributed by atoms with Crippen LogP contribution >= 0.6 is 11.6 Å². The van der Waals surface area contributed by atoms with Crippen molar-refractivity contribution < 1.29 is 13.9 Å². The minimum absolute atomic E-state index is 0.0849. The fraction of sp³-hybridized carbons (Fsp3) is 0.211. The van der Waals surface area contributed by atoms with Crippen LogP contribution in [0.15, 0.2) is 53.2 Å². The largest absolute Gasteiger partial charge is 0.481 e. The summed E-state index contributed by atoms with van der Waals surface area (Å²) in [5.74, 6) is 1.53. The molecule has 1 N–H and O–H groups in total. The van der Waals surface area contributed by atoms with Gasteiger partial charge in [0, 0.05) is 37.2 Å². The first-order valence-electron chi connectivity index (χ1n) is 8.11. The van der Waals surface area contributed by atoms with Crippen LogP contribution in [0.25, 0.3) is 11.3 Å². The molecule has 3 aromatic rings. The number of aryl methyl sites for hydroxylation is 1. The van der Waals surface area contributed by atoms with E-state index in [-0.39, 0.29) is 12.3 Å². The molecule has 0 aliphatic heterocycles. The Bertz CT molecular complexity index is 895. The lowest BCUT2D eigenvalue weighted by Crippen LogP contribution is -2.23. The van der Waals surface area contributed by atoms with Crippen molar-refractivity contribution in [3.63, 3.8) is 0 Å². The molecule has 0 aliphatic carbocycles. The normalized spacial score (nSPS) is 10.5. The van der Waals surface area contributed by atoms with Crippen LogP contribution in [0.2, 0.25) is 5.02 Å². The zero-order valence-corrected chi connectivity index (χ0v) is 15.0. The number of amides is 1. The summed E-state index contributed by atoms with van der Waals surface area (Å²) in [5, 5.41) is 3.45. The number of nitrogens with zero attached hydrogens (tertiary/aromatic N) is 2. The van der Waals surface area contributed by atoms with Gasteiger partial charge >= 0.3 is 0 Å². The number of hydrogen-bond acceptors (Lipinski definition) is 5. The van der Waals surface area contributed by atoms with Crippen LogP contribution in [-0.4, -0.2) is 23.0 Å². The van der Waals surface area contributed by atoms with E-state index >= 15 is 0 Å². The number of methoxy groups -OCH3 is 1. The molecule has 0 radical (unpaired) electrons. The summed E-state index contributed by atoms with van der Waals surface area (Å²) in [6.45, 7) is 0.411. The molecule has 0 fully saturated rings. The van der Waals surface area contributed by atoms with Gasteiger partial charge in [0.1, 0.15) is 0 Å². The summed E-state index contributed by atoms with van der Waals surface area (Å²) in [6.07, 6.45) is 3.96. The van der Waals surface area contributed by atoms with E-state index in [1.54, 1.807) is 31.6 Å². The lowest BCUT2D eigenvalue weighted by atomic mass is 10.2. The van der Waals surface area contributed by atoms with Gasteiger partial charge in [-0.3, -0.25) is 4.79 Å². The van der Waals surface area contributed by atoms with Crippen LogP contribution < -0.4 is 10.1 Å². The van der Waals surface area contributed by atoms with Gasteiger partial charge in [-0.05, 0) is 23.8 Å². The Balaban J connectivity index is 1.51. The first-order valence-corrected chi connectivity index (χ1v) is 8.48. The van der Waals surface area contributed by atoms with Crippen molar-refractivity contribution in [2.45, 2.75) is 19.4 Å². The van der Waals surface area contributed by atoms with Gasteiger partial charge in [0.05, 0.1) is 18.3 Å². The van der Waals surface area contributed by atoms with Crippen LogP contribution in [0.3, 0.4) is 0 Å². The van der Waals surface area contributed by atoms with Crippen molar-refractivity contribution >= 4 is 17.5 Å². The Morgan fingerprint density at radius 1 is 1.27 bits per heavy atom. The van der Waals surface area contributed by atoms with Crippen molar-refractivity contribution in [3.8, 4) is 17.2 Å². The van der Waals surface area contributed by atoms with E-state index < -0.39 is 0 Å². The van der Waals surface area contributed by atoms with E-state index in [1.807, 2.05) is 24.3 Å². The Hall–Kier alpha value is -2.86. The third-order valence-corrected chi connectivity index (χ3v) is 4.09. The number of pyridine rings is 1. The molecular weight excluding hydrogens is 354 g/mol. The van der Waals surface area contributed by atoms with Gasteiger partial charge in [-0.25, -0.2) is 9.97 Å². The number of benzene rings is 1. The first-order chi connectivity index (χ1) is 12.7. The molecule has 7 heteroatoms. The van der Waals surface area contributed by atoms with E-state index in [0.717, 1.165) is 11.1 Å². The number of halogens is 1. The minimum Gasteiger partial charge on any atom is -0.481 e. The topological polar surface area (TPSA) is 77.2 Å². The molecule has 0 aliphatic rings. The van der Waals surface area contributed by atoms with E-state index in [4.69, 9.17) is 20.8 Å². The number of carbonyl (C=O) groups is 1. The molecule has 3 rings (SSSR count). The Labute approximate surface area is 156 Å². The fourth-order valence-electron chi connectivity index (χ4n) is 2.39. The molecule has 0 saturated heterocycles. The summed E-state index contributed by atoms with van der Waals surface area (Å²) < 4.78 is 10.8. The average molecular weight is 372 g/mol. The molecule has 134 valence electrons. The van der Waals surface area contributed by atoms with Crippen LogP contribution in [0.1, 0.15) is 17.9 Å². The summed E-state index contributed by atoms with van der Waals surface area (Å²) in [7, 11) is 1.55. The molecule has 0 spiro atoms. The van der Waals surface area contributed by atoms with E-state index in [0.29, 0.717) is 35.5 Å². The molecule has 1 aromatic carbocycles. The number of rotatable bonds is 7. The molecule has 0 saturated carbocycles. The predicted molar refractivity (Wildman–Crippen MR) is 97.9 cm³/mol. The van der Waals surface area contributed by atoms with Crippen LogP contribution in [0.4, 0.5) is 0 Å². The number of oxazole rings is 1. The van der Waals surface area contributed by atoms with Gasteiger partial charge in [-0.2, -0.15) is 0 Å². The number of aromatic nitrogens is 2. The molecule has 26 heavy (non-hydrogen) atoms. The molecular formula is C19H18ClN3O3. The van der Waals surface area contributed by atoms with Gasteiger partial charge in [0.2, 0.25) is 11.8 Å². The summed E-state index contributed by atoms with van der Waals surface area (Å²) >= 11 is 6.15. The lowest BCUT2D eigenvalue weighted by Gasteiger charge is -2.05. The smallest absolute Gasteiger partial charge is 0.220 e. The van der Waals surface area contributed by atoms with Gasteiger partial charge in [0.15, 0.2) is 11.7 Å². The number of nitrogens with one attached hydrogen (secondary N) is 1. The van der Waals surface area contributed by atoms with Crippen LogP contribution in [0.5, 0.6) is 5.88 Å². The van der Waals surface area contributed by atoms with Gasteiger partial charge in [0.25, 0.3) is 0 Å². The van der Waals surface area contributed by atoms with Crippen molar-refractivity contribution in [2.24, 2.45) is 0 Å². The molecule has 6 nitrogen and oxygen atoms in total. The minimum atomic E-state index is -0.0849. The molecule has 1 amide bonds. The van der Waals surface area contributed by atoms with Crippen LogP contribution in [0, 0.1) is 0 Å². The maximum Gasteiger partial charge on any atom is 0.220 e. The summed E-state index contributed by atoms with van der Waals surface area (Å²) in [5.41, 5.74) is 1.70. The lowest BCUT2D eigenvalue weighted by molar-refractivity contribution is -0.121. The molecule has 2 heterocycles. The fourth-order valence-corrected chi connectivity index (χ4v) is 2.62. The van der Waals surface area contributed by atoms with Crippen molar-refractivity contribution in [1.29, 1.82) is 0 Å². The summed E-state index contributed by atoms with van der Waals surface area (Å²) in [4.78, 5) is 20.3. The molecule has 2 aromatic heterocycles. The van der Waals surface area contributed by atoms with Gasteiger partial charge in [-0.15, -0.1) is 0 Å². The highest BCUT2D eigenvalue weighted by Crippen LogP contribution is 2.28. The molecule has 0 unspecified atom stereocenters. The maximum absolute atomic E-state index is 12.0. The summed E-state index contributed by atoms with van der Waals surface area (Å²) in [6, 6.07) is 11.0. The van der Waals surface area contributed by atoms with E-state index in [1.165, 1.54) is 0 Å². The van der Waals surface area contributed by atoms with Gasteiger partial charge < -0.3 is 14.5 Å². The quantitative estimate of drug-likeness (QED) is 0.686. The number of ether oxygens (including phenoxy) is 1. The molecule has 0 bridgehead atoms. The third kappa shape index (κ3) is 4.61. The monoisotopic (exact) mass is 371 g/mol. The first kappa shape index (κ1) is 17.9. The van der Waals surface area contributed by atoms with E-state index in [2.05, 4.69) is 15.3 Å². The van der Waals surface area contributed by atoms with Crippen LogP contribution in [-0.2, 0) is 17.8 Å². The highest BCUT2D eigenvalue weighted by Gasteiger charge is 2.11. The predicted octanol–water partition coefficient (Wildman–Crippen LogP) is 3.65. The highest BCUT2D eigenvalue weighted by molar-refractivity contribution is 6.33. The Morgan fingerprint density at radius 3 is 2.92 bits per heavy atom. The van der Waals surface area contributed by atoms with Crippen molar-refractivity contribution in [3.05, 3.63) is 65.3 Å². The average Bonchev–Trinajstić information content (AvgIpc) is 3.14. The van der Waals surface area contributed by atoms with E-state index in [9.17, 15) is 4.79 Å². The van der Waals surface area contributed by atoms with Crippen molar-refractivity contribution in [1.82, 2.24) is 15.3 Å². The number of hydrogen-bond donors (Lipinski definition) is 1. The highest BCUT2D eigenvalue weighted by atomic mass is 35.5. The maximum atomic E-state index is 12.0. The standard InChI is InChI=1S/C19H18ClN3O3/c1-25-19-10-13(8-9-21-19)11-22-17(24)6-7-18-23-12-16(26-18)14-4-2-3-5-15(14)20/h2-5,8-10,12H,6-7,11H2,1H3,(H,22,24). The van der Waals surface area contributed by atoms with Crippen molar-refractivity contribution in [2.75, 3.05) is 7.11 Å². The second-order valence-electron chi connectivity index (χ2n) is 5.58. The number of carbonyl (C=O) groups excluding carboxylic acids is 1. The zero-order chi connectivity index (χ0) is 18.4. The van der Waals surface area contributed by atoms with Gasteiger partial charge in [-0.1, -0.05) is 23.7 Å².